The molecule has 1 aromatic carbocycles. The first-order valence-electron chi connectivity index (χ1n) is 5.07. The van der Waals surface area contributed by atoms with Gasteiger partial charge in [0.05, 0.1) is 5.69 Å². The summed E-state index contributed by atoms with van der Waals surface area (Å²) in [6, 6.07) is 7.92. The second-order valence-corrected chi connectivity index (χ2v) is 5.22. The highest BCUT2D eigenvalue weighted by Gasteiger charge is 2.07. The molecule has 4 heteroatoms. The Morgan fingerprint density at radius 2 is 2.25 bits per heavy atom. The normalized spacial score (nSPS) is 10.4. The molecule has 2 rings (SSSR count). The lowest BCUT2D eigenvalue weighted by molar-refractivity contribution is 1.08. The Morgan fingerprint density at radius 3 is 2.88 bits per heavy atom. The first-order chi connectivity index (χ1) is 7.69. The number of halogens is 1. The Bertz CT molecular complexity index is 494. The lowest BCUT2D eigenvalue weighted by Crippen LogP contribution is -1.92. The van der Waals surface area contributed by atoms with Crippen LogP contribution in [0.15, 0.2) is 24.3 Å². The minimum Gasteiger partial charge on any atom is -0.365 e. The first-order valence-corrected chi connectivity index (χ1v) is 6.27. The van der Waals surface area contributed by atoms with Crippen molar-refractivity contribution in [2.75, 3.05) is 12.4 Å². The number of hydrogen-bond donors (Lipinski definition) is 1. The zero-order chi connectivity index (χ0) is 11.5. The molecule has 0 radical (unpaired) electrons. The highest BCUT2D eigenvalue weighted by molar-refractivity contribution is 7.15. The third-order valence-corrected chi connectivity index (χ3v) is 3.63. The van der Waals surface area contributed by atoms with Gasteiger partial charge in [-0.3, -0.25) is 0 Å². The van der Waals surface area contributed by atoms with E-state index in [9.17, 15) is 0 Å². The fourth-order valence-corrected chi connectivity index (χ4v) is 2.54. The zero-order valence-electron chi connectivity index (χ0n) is 9.25. The van der Waals surface area contributed by atoms with Crippen LogP contribution in [0.25, 0.3) is 0 Å². The average Bonchev–Trinajstić information content (AvgIpc) is 2.60. The summed E-state index contributed by atoms with van der Waals surface area (Å²) in [5, 5.41) is 4.81. The fourth-order valence-electron chi connectivity index (χ4n) is 1.54. The van der Waals surface area contributed by atoms with Gasteiger partial charge in [-0.25, -0.2) is 4.98 Å². The van der Waals surface area contributed by atoms with Gasteiger partial charge in [0.15, 0.2) is 5.13 Å². The van der Waals surface area contributed by atoms with E-state index in [0.717, 1.165) is 22.3 Å². The number of thiazole rings is 1. The van der Waals surface area contributed by atoms with Gasteiger partial charge in [-0.2, -0.15) is 0 Å². The SMILES string of the molecule is CNc1nc(Cc2cccc(Cl)c2)c(C)s1. The van der Waals surface area contributed by atoms with E-state index in [-0.39, 0.29) is 0 Å². The number of rotatable bonds is 3. The predicted octanol–water partition coefficient (Wildman–Crippen LogP) is 3.74. The van der Waals surface area contributed by atoms with Crippen LogP contribution in [-0.4, -0.2) is 12.0 Å². The van der Waals surface area contributed by atoms with Crippen LogP contribution in [0.5, 0.6) is 0 Å². The average molecular weight is 253 g/mol. The molecule has 0 saturated carbocycles. The van der Waals surface area contributed by atoms with E-state index < -0.39 is 0 Å². The van der Waals surface area contributed by atoms with Crippen LogP contribution in [0.4, 0.5) is 5.13 Å². The van der Waals surface area contributed by atoms with Gasteiger partial charge in [0.25, 0.3) is 0 Å². The molecule has 84 valence electrons. The summed E-state index contributed by atoms with van der Waals surface area (Å²) < 4.78 is 0. The number of anilines is 1. The van der Waals surface area contributed by atoms with Crippen LogP contribution in [-0.2, 0) is 6.42 Å². The van der Waals surface area contributed by atoms with E-state index >= 15 is 0 Å². The summed E-state index contributed by atoms with van der Waals surface area (Å²) >= 11 is 7.64. The molecule has 16 heavy (non-hydrogen) atoms. The Kier molecular flexibility index (Phi) is 3.46. The molecular weight excluding hydrogens is 240 g/mol. The van der Waals surface area contributed by atoms with E-state index in [0.29, 0.717) is 0 Å². The van der Waals surface area contributed by atoms with Crippen molar-refractivity contribution in [3.05, 3.63) is 45.4 Å². The molecule has 0 spiro atoms. The van der Waals surface area contributed by atoms with Gasteiger partial charge >= 0.3 is 0 Å². The van der Waals surface area contributed by atoms with Crippen LogP contribution in [0.3, 0.4) is 0 Å². The van der Waals surface area contributed by atoms with Crippen molar-refractivity contribution in [3.63, 3.8) is 0 Å². The van der Waals surface area contributed by atoms with Crippen molar-refractivity contribution in [1.82, 2.24) is 4.98 Å². The number of aryl methyl sites for hydroxylation is 1. The summed E-state index contributed by atoms with van der Waals surface area (Å²) in [4.78, 5) is 5.77. The maximum absolute atomic E-state index is 5.95. The quantitative estimate of drug-likeness (QED) is 0.900. The number of nitrogens with one attached hydrogen (secondary N) is 1. The molecule has 0 saturated heterocycles. The summed E-state index contributed by atoms with van der Waals surface area (Å²) in [6.45, 7) is 2.10. The topological polar surface area (TPSA) is 24.9 Å². The van der Waals surface area contributed by atoms with Gasteiger partial charge in [-0.05, 0) is 24.6 Å². The molecule has 0 bridgehead atoms. The summed E-state index contributed by atoms with van der Waals surface area (Å²) in [7, 11) is 1.89. The van der Waals surface area contributed by atoms with Gasteiger partial charge in [0.1, 0.15) is 0 Å². The van der Waals surface area contributed by atoms with E-state index in [2.05, 4.69) is 23.3 Å². The van der Waals surface area contributed by atoms with Gasteiger partial charge in [-0.1, -0.05) is 23.7 Å². The molecule has 1 heterocycles. The Labute approximate surface area is 104 Å². The zero-order valence-corrected chi connectivity index (χ0v) is 10.8. The first kappa shape index (κ1) is 11.4. The molecule has 0 aliphatic carbocycles. The molecule has 0 atom stereocenters. The molecule has 0 aliphatic rings. The van der Waals surface area contributed by atoms with Crippen LogP contribution < -0.4 is 5.32 Å². The highest BCUT2D eigenvalue weighted by Crippen LogP contribution is 2.24. The molecule has 1 aromatic heterocycles. The Morgan fingerprint density at radius 1 is 1.44 bits per heavy atom. The fraction of sp³-hybridized carbons (Fsp3) is 0.250. The second-order valence-electron chi connectivity index (χ2n) is 3.58. The van der Waals surface area contributed by atoms with Crippen molar-refractivity contribution < 1.29 is 0 Å². The van der Waals surface area contributed by atoms with Crippen molar-refractivity contribution in [2.24, 2.45) is 0 Å². The second kappa shape index (κ2) is 4.85. The lowest BCUT2D eigenvalue weighted by Gasteiger charge is -2.00. The number of benzene rings is 1. The third kappa shape index (κ3) is 2.54. The molecular formula is C12H13ClN2S. The third-order valence-electron chi connectivity index (χ3n) is 2.37. The number of nitrogens with zero attached hydrogens (tertiary/aromatic N) is 1. The molecule has 0 amide bonds. The van der Waals surface area contributed by atoms with Crippen LogP contribution >= 0.6 is 22.9 Å². The molecule has 0 aliphatic heterocycles. The van der Waals surface area contributed by atoms with Crippen LogP contribution in [0.2, 0.25) is 5.02 Å². The lowest BCUT2D eigenvalue weighted by atomic mass is 10.1. The number of hydrogen-bond acceptors (Lipinski definition) is 3. The molecule has 2 aromatic rings. The highest BCUT2D eigenvalue weighted by atomic mass is 35.5. The van der Waals surface area contributed by atoms with E-state index in [1.54, 1.807) is 11.3 Å². The summed E-state index contributed by atoms with van der Waals surface area (Å²) in [6.07, 6.45) is 0.838. The van der Waals surface area contributed by atoms with Crippen molar-refractivity contribution in [3.8, 4) is 0 Å². The molecule has 0 unspecified atom stereocenters. The van der Waals surface area contributed by atoms with Crippen molar-refractivity contribution >= 4 is 28.1 Å². The van der Waals surface area contributed by atoms with Gasteiger partial charge in [-0.15, -0.1) is 11.3 Å². The monoisotopic (exact) mass is 252 g/mol. The molecule has 0 fully saturated rings. The smallest absolute Gasteiger partial charge is 0.182 e. The van der Waals surface area contributed by atoms with Gasteiger partial charge < -0.3 is 5.32 Å². The van der Waals surface area contributed by atoms with E-state index in [1.807, 2.05) is 25.2 Å². The Hall–Kier alpha value is -1.06. The van der Waals surface area contributed by atoms with Crippen molar-refractivity contribution in [2.45, 2.75) is 13.3 Å². The van der Waals surface area contributed by atoms with Crippen molar-refractivity contribution in [1.29, 1.82) is 0 Å². The predicted molar refractivity (Wildman–Crippen MR) is 70.7 cm³/mol. The minimum atomic E-state index is 0.777. The van der Waals surface area contributed by atoms with Gasteiger partial charge in [0, 0.05) is 23.4 Å². The largest absolute Gasteiger partial charge is 0.365 e. The minimum absolute atomic E-state index is 0.777. The molecule has 1 N–H and O–H groups in total. The van der Waals surface area contributed by atoms with E-state index in [1.165, 1.54) is 10.4 Å². The standard InChI is InChI=1S/C12H13ClN2S/c1-8-11(15-12(14-2)16-8)7-9-4-3-5-10(13)6-9/h3-6H,7H2,1-2H3,(H,14,15). The van der Waals surface area contributed by atoms with E-state index in [4.69, 9.17) is 11.6 Å². The summed E-state index contributed by atoms with van der Waals surface area (Å²) in [5.74, 6) is 0. The number of aromatic nitrogens is 1. The molecule has 2 nitrogen and oxygen atoms in total. The van der Waals surface area contributed by atoms with Crippen LogP contribution in [0.1, 0.15) is 16.1 Å². The van der Waals surface area contributed by atoms with Crippen LogP contribution in [0, 0.1) is 6.92 Å². The summed E-state index contributed by atoms with van der Waals surface area (Å²) in [5.41, 5.74) is 2.32. The van der Waals surface area contributed by atoms with Gasteiger partial charge in [0.2, 0.25) is 0 Å². The Balaban J connectivity index is 2.23. The maximum atomic E-state index is 5.95. The maximum Gasteiger partial charge on any atom is 0.182 e.